The van der Waals surface area contributed by atoms with E-state index in [0.717, 1.165) is 18.7 Å². The van der Waals surface area contributed by atoms with E-state index in [1.54, 1.807) is 18.2 Å². The number of ether oxygens (including phenoxy) is 2. The zero-order chi connectivity index (χ0) is 23.7. The van der Waals surface area contributed by atoms with Crippen molar-refractivity contribution in [2.45, 2.75) is 19.4 Å². The topological polar surface area (TPSA) is 115 Å². The summed E-state index contributed by atoms with van der Waals surface area (Å²) in [5, 5.41) is 17.3. The summed E-state index contributed by atoms with van der Waals surface area (Å²) in [6, 6.07) is 17.6. The third-order valence-electron chi connectivity index (χ3n) is 5.79. The van der Waals surface area contributed by atoms with Crippen molar-refractivity contribution in [3.8, 4) is 11.5 Å². The number of rotatable bonds is 7. The van der Waals surface area contributed by atoms with Crippen LogP contribution in [0.1, 0.15) is 29.5 Å². The lowest BCUT2D eigenvalue weighted by molar-refractivity contribution is -0.384. The number of nitro benzene ring substituents is 1. The molecule has 3 aromatic rings. The van der Waals surface area contributed by atoms with E-state index in [0.29, 0.717) is 39.7 Å². The number of nitrogens with zero attached hydrogens (tertiary/aromatic N) is 2. The summed E-state index contributed by atoms with van der Waals surface area (Å²) >= 11 is 0. The Morgan fingerprint density at radius 3 is 2.68 bits per heavy atom. The number of amides is 1. The average Bonchev–Trinajstić information content (AvgIpc) is 3.44. The van der Waals surface area contributed by atoms with Gasteiger partial charge in [-0.25, -0.2) is 0 Å². The van der Waals surface area contributed by atoms with Gasteiger partial charge in [-0.3, -0.25) is 19.9 Å². The van der Waals surface area contributed by atoms with E-state index in [9.17, 15) is 14.9 Å². The molecule has 0 aliphatic carbocycles. The second kappa shape index (κ2) is 8.95. The predicted molar refractivity (Wildman–Crippen MR) is 127 cm³/mol. The van der Waals surface area contributed by atoms with Crippen LogP contribution in [0.2, 0.25) is 0 Å². The number of non-ortho nitro benzene ring substituents is 1. The first-order valence-electron chi connectivity index (χ1n) is 10.9. The van der Waals surface area contributed by atoms with Crippen LogP contribution in [-0.4, -0.2) is 29.9 Å². The molecule has 5 rings (SSSR count). The molecule has 3 aromatic carbocycles. The minimum absolute atomic E-state index is 0.0856. The van der Waals surface area contributed by atoms with E-state index < -0.39 is 10.8 Å². The first-order valence-corrected chi connectivity index (χ1v) is 10.9. The van der Waals surface area contributed by atoms with Gasteiger partial charge in [0, 0.05) is 24.2 Å². The van der Waals surface area contributed by atoms with Crippen LogP contribution in [0.15, 0.2) is 65.7 Å². The highest BCUT2D eigenvalue weighted by atomic mass is 16.7. The van der Waals surface area contributed by atoms with Crippen molar-refractivity contribution in [2.75, 3.05) is 18.7 Å². The maximum Gasteiger partial charge on any atom is 0.271 e. The van der Waals surface area contributed by atoms with Crippen molar-refractivity contribution in [2.24, 2.45) is 4.99 Å². The molecule has 1 atom stereocenters. The normalized spacial score (nSPS) is 16.3. The maximum absolute atomic E-state index is 13.1. The average molecular weight is 458 g/mol. The van der Waals surface area contributed by atoms with E-state index in [4.69, 9.17) is 14.5 Å². The summed E-state index contributed by atoms with van der Waals surface area (Å²) < 4.78 is 11.0. The highest BCUT2D eigenvalue weighted by Gasteiger charge is 2.37. The minimum atomic E-state index is -0.738. The zero-order valence-electron chi connectivity index (χ0n) is 18.4. The molecule has 172 valence electrons. The molecule has 9 nitrogen and oxygen atoms in total. The number of carbonyl (C=O) groups is 1. The van der Waals surface area contributed by atoms with Gasteiger partial charge < -0.3 is 20.1 Å². The molecule has 0 saturated heterocycles. The van der Waals surface area contributed by atoms with Crippen LogP contribution in [-0.2, 0) is 11.3 Å². The molecule has 0 radical (unpaired) electrons. The van der Waals surface area contributed by atoms with Crippen molar-refractivity contribution in [3.05, 3.63) is 87.5 Å². The van der Waals surface area contributed by atoms with Crippen LogP contribution in [0.3, 0.4) is 0 Å². The van der Waals surface area contributed by atoms with Crippen LogP contribution in [0.25, 0.3) is 0 Å². The first kappa shape index (κ1) is 21.6. The predicted octanol–water partition coefficient (Wildman–Crippen LogP) is 4.29. The highest BCUT2D eigenvalue weighted by Crippen LogP contribution is 2.40. The summed E-state index contributed by atoms with van der Waals surface area (Å²) in [5.41, 5.74) is 4.00. The number of hydrogen-bond donors (Lipinski definition) is 2. The smallest absolute Gasteiger partial charge is 0.271 e. The second-order valence-electron chi connectivity index (χ2n) is 7.96. The molecule has 0 fully saturated rings. The van der Waals surface area contributed by atoms with Gasteiger partial charge in [0.15, 0.2) is 11.5 Å². The van der Waals surface area contributed by atoms with Gasteiger partial charge in [0.05, 0.1) is 22.0 Å². The molecule has 34 heavy (non-hydrogen) atoms. The Balaban J connectivity index is 1.59. The fraction of sp³-hybridized carbons (Fsp3) is 0.200. The lowest BCUT2D eigenvalue weighted by Gasteiger charge is -2.14. The van der Waals surface area contributed by atoms with Crippen molar-refractivity contribution in [3.63, 3.8) is 0 Å². The third-order valence-corrected chi connectivity index (χ3v) is 5.79. The van der Waals surface area contributed by atoms with E-state index in [1.807, 2.05) is 30.3 Å². The number of anilines is 1. The van der Waals surface area contributed by atoms with Gasteiger partial charge in [-0.1, -0.05) is 19.1 Å². The van der Waals surface area contributed by atoms with Gasteiger partial charge in [-0.05, 0) is 54.1 Å². The molecule has 2 aliphatic heterocycles. The number of benzene rings is 3. The minimum Gasteiger partial charge on any atom is -0.454 e. The van der Waals surface area contributed by atoms with Crippen LogP contribution in [0.4, 0.5) is 17.1 Å². The van der Waals surface area contributed by atoms with Crippen molar-refractivity contribution in [1.29, 1.82) is 0 Å². The number of hydrogen-bond acceptors (Lipinski definition) is 7. The Bertz CT molecular complexity index is 1300. The van der Waals surface area contributed by atoms with Crippen LogP contribution < -0.4 is 20.1 Å². The number of aliphatic imine (C=N–C) groups is 1. The molecule has 0 bridgehead atoms. The standard InChI is InChI=1S/C25H22N4O5/c1-2-26-13-15-3-6-17(7-4-15)27-24(16-5-10-21-22(11-16)34-14-33-21)23-19-9-8-18(29(31)32)12-20(19)28-25(23)30/h3-12,23,26H,2,13-14H2,1H3,(H,28,30). The summed E-state index contributed by atoms with van der Waals surface area (Å²) in [4.78, 5) is 28.7. The molecule has 9 heteroatoms. The molecule has 1 unspecified atom stereocenters. The fourth-order valence-electron chi connectivity index (χ4n) is 4.08. The summed E-state index contributed by atoms with van der Waals surface area (Å²) in [5.74, 6) is 0.171. The van der Waals surface area contributed by atoms with Crippen LogP contribution >= 0.6 is 0 Å². The van der Waals surface area contributed by atoms with E-state index in [2.05, 4.69) is 17.6 Å². The molecule has 0 saturated carbocycles. The molecule has 0 aromatic heterocycles. The first-order chi connectivity index (χ1) is 16.5. The van der Waals surface area contributed by atoms with Gasteiger partial charge >= 0.3 is 0 Å². The Morgan fingerprint density at radius 2 is 1.91 bits per heavy atom. The molecule has 2 aliphatic rings. The maximum atomic E-state index is 13.1. The number of fused-ring (bicyclic) bond motifs is 2. The van der Waals surface area contributed by atoms with Gasteiger partial charge in [-0.15, -0.1) is 0 Å². The largest absolute Gasteiger partial charge is 0.454 e. The van der Waals surface area contributed by atoms with Crippen molar-refractivity contribution >= 4 is 28.7 Å². The van der Waals surface area contributed by atoms with Crippen molar-refractivity contribution < 1.29 is 19.2 Å². The SMILES string of the molecule is CCNCc1ccc(N=C(c2ccc3c(c2)OCO3)C2C(=O)Nc3cc([N+](=O)[O-])ccc32)cc1. The molecular formula is C25H22N4O5. The molecule has 0 spiro atoms. The van der Waals surface area contributed by atoms with Gasteiger partial charge in [-0.2, -0.15) is 0 Å². The summed E-state index contributed by atoms with van der Waals surface area (Å²) in [7, 11) is 0. The van der Waals surface area contributed by atoms with Crippen molar-refractivity contribution in [1.82, 2.24) is 5.32 Å². The summed E-state index contributed by atoms with van der Waals surface area (Å²) in [6.45, 7) is 3.82. The quantitative estimate of drug-likeness (QED) is 0.310. The second-order valence-corrected chi connectivity index (χ2v) is 7.96. The third kappa shape index (κ3) is 4.08. The Labute approximate surface area is 195 Å². The Kier molecular flexibility index (Phi) is 5.69. The van der Waals surface area contributed by atoms with Crippen LogP contribution in [0, 0.1) is 10.1 Å². The fourth-order valence-corrected chi connectivity index (χ4v) is 4.08. The molecule has 2 N–H and O–H groups in total. The lowest BCUT2D eigenvalue weighted by Crippen LogP contribution is -2.22. The Morgan fingerprint density at radius 1 is 1.12 bits per heavy atom. The highest BCUT2D eigenvalue weighted by molar-refractivity contribution is 6.24. The Hall–Kier alpha value is -4.24. The van der Waals surface area contributed by atoms with Crippen LogP contribution in [0.5, 0.6) is 11.5 Å². The van der Waals surface area contributed by atoms with E-state index in [1.165, 1.54) is 12.1 Å². The number of nitrogens with one attached hydrogen (secondary N) is 2. The molecule has 2 heterocycles. The van der Waals surface area contributed by atoms with E-state index in [-0.39, 0.29) is 18.4 Å². The van der Waals surface area contributed by atoms with E-state index >= 15 is 0 Å². The van der Waals surface area contributed by atoms with Gasteiger partial charge in [0.1, 0.15) is 5.92 Å². The van der Waals surface area contributed by atoms with Gasteiger partial charge in [0.25, 0.3) is 5.69 Å². The number of nitro groups is 1. The van der Waals surface area contributed by atoms with Gasteiger partial charge in [0.2, 0.25) is 12.7 Å². The molecular weight excluding hydrogens is 436 g/mol. The summed E-state index contributed by atoms with van der Waals surface area (Å²) in [6.07, 6.45) is 0. The number of carbonyl (C=O) groups excluding carboxylic acids is 1. The lowest BCUT2D eigenvalue weighted by atomic mass is 9.90. The monoisotopic (exact) mass is 458 g/mol. The molecule has 1 amide bonds. The zero-order valence-corrected chi connectivity index (χ0v) is 18.4.